The summed E-state index contributed by atoms with van der Waals surface area (Å²) in [4.78, 5) is 23.6. The Labute approximate surface area is 120 Å². The van der Waals surface area contributed by atoms with Gasteiger partial charge in [-0.15, -0.1) is 0 Å². The number of hydrogen-bond acceptors (Lipinski definition) is 5. The second kappa shape index (κ2) is 4.97. The summed E-state index contributed by atoms with van der Waals surface area (Å²) in [5.74, 6) is -0.156. The van der Waals surface area contributed by atoms with E-state index >= 15 is 0 Å². The zero-order valence-corrected chi connectivity index (χ0v) is 11.5. The number of carboxylic acid groups (broad SMARTS) is 1. The summed E-state index contributed by atoms with van der Waals surface area (Å²) in [5, 5.41) is 10.4. The molecule has 0 unspecified atom stereocenters. The lowest BCUT2D eigenvalue weighted by molar-refractivity contribution is -0.137. The number of aliphatic carboxylic acids is 1. The molecule has 0 saturated heterocycles. The summed E-state index contributed by atoms with van der Waals surface area (Å²) in [5.41, 5.74) is 8.42. The molecule has 6 nitrogen and oxygen atoms in total. The minimum atomic E-state index is -0.890. The zero-order chi connectivity index (χ0) is 15.0. The number of anilines is 1. The Morgan fingerprint density at radius 2 is 2.05 bits per heavy atom. The first-order chi connectivity index (χ1) is 10.0. The quantitative estimate of drug-likeness (QED) is 0.713. The van der Waals surface area contributed by atoms with E-state index in [-0.39, 0.29) is 12.8 Å². The Morgan fingerprint density at radius 3 is 2.81 bits per heavy atom. The van der Waals surface area contributed by atoms with E-state index in [1.54, 1.807) is 0 Å². The van der Waals surface area contributed by atoms with Crippen LogP contribution in [0.1, 0.15) is 17.8 Å². The standard InChI is InChI=1S/C15H14N4O2/c1-8-2-3-11-9(6-8)7-10-14(16)18-12(4-5-13(20)21)19-15(10)17-11/h2-3,6-7H,4-5H2,1H3,(H,20,21)(H2,16,17,18,19). The average Bonchev–Trinajstić information content (AvgIpc) is 2.43. The highest BCUT2D eigenvalue weighted by Crippen LogP contribution is 2.23. The molecule has 0 fully saturated rings. The van der Waals surface area contributed by atoms with Crippen LogP contribution < -0.4 is 5.73 Å². The number of pyridine rings is 1. The molecular formula is C15H14N4O2. The highest BCUT2D eigenvalue weighted by molar-refractivity contribution is 5.95. The molecule has 1 aromatic carbocycles. The number of nitrogens with zero attached hydrogens (tertiary/aromatic N) is 3. The minimum absolute atomic E-state index is 0.0300. The molecular weight excluding hydrogens is 268 g/mol. The Kier molecular flexibility index (Phi) is 3.13. The van der Waals surface area contributed by atoms with Crippen LogP contribution in [-0.2, 0) is 11.2 Å². The van der Waals surface area contributed by atoms with Crippen LogP contribution in [0.2, 0.25) is 0 Å². The van der Waals surface area contributed by atoms with Crippen molar-refractivity contribution in [3.63, 3.8) is 0 Å². The average molecular weight is 282 g/mol. The molecule has 106 valence electrons. The molecule has 6 heteroatoms. The van der Waals surface area contributed by atoms with Gasteiger partial charge in [0, 0.05) is 11.8 Å². The fraction of sp³-hybridized carbons (Fsp3) is 0.200. The van der Waals surface area contributed by atoms with Gasteiger partial charge in [0.15, 0.2) is 5.65 Å². The van der Waals surface area contributed by atoms with Crippen molar-refractivity contribution in [1.29, 1.82) is 0 Å². The maximum Gasteiger partial charge on any atom is 0.303 e. The van der Waals surface area contributed by atoms with E-state index in [0.717, 1.165) is 16.5 Å². The van der Waals surface area contributed by atoms with Crippen LogP contribution in [0.4, 0.5) is 5.82 Å². The summed E-state index contributed by atoms with van der Waals surface area (Å²) in [6, 6.07) is 7.86. The number of benzene rings is 1. The normalized spacial score (nSPS) is 11.1. The van der Waals surface area contributed by atoms with Crippen molar-refractivity contribution in [1.82, 2.24) is 15.0 Å². The molecule has 0 spiro atoms. The van der Waals surface area contributed by atoms with Gasteiger partial charge in [0.25, 0.3) is 0 Å². The molecule has 3 N–H and O–H groups in total. The second-order valence-electron chi connectivity index (χ2n) is 4.97. The van der Waals surface area contributed by atoms with Crippen LogP contribution in [-0.4, -0.2) is 26.0 Å². The van der Waals surface area contributed by atoms with Crippen LogP contribution in [0.15, 0.2) is 24.3 Å². The number of aryl methyl sites for hydroxylation is 2. The summed E-state index contributed by atoms with van der Waals surface area (Å²) >= 11 is 0. The number of rotatable bonds is 3. The van der Waals surface area contributed by atoms with Crippen molar-refractivity contribution in [3.05, 3.63) is 35.7 Å². The van der Waals surface area contributed by atoms with Crippen molar-refractivity contribution in [2.24, 2.45) is 0 Å². The summed E-state index contributed by atoms with van der Waals surface area (Å²) in [7, 11) is 0. The maximum atomic E-state index is 10.6. The highest BCUT2D eigenvalue weighted by Gasteiger charge is 2.09. The lowest BCUT2D eigenvalue weighted by Crippen LogP contribution is -2.05. The van der Waals surface area contributed by atoms with Crippen molar-refractivity contribution in [3.8, 4) is 0 Å². The Bertz CT molecular complexity index is 861. The van der Waals surface area contributed by atoms with Gasteiger partial charge in [-0.1, -0.05) is 11.6 Å². The van der Waals surface area contributed by atoms with Crippen molar-refractivity contribution in [2.75, 3.05) is 5.73 Å². The third-order valence-corrected chi connectivity index (χ3v) is 3.27. The van der Waals surface area contributed by atoms with Crippen molar-refractivity contribution >= 4 is 33.7 Å². The van der Waals surface area contributed by atoms with Crippen LogP contribution in [0.5, 0.6) is 0 Å². The molecule has 0 aliphatic heterocycles. The van der Waals surface area contributed by atoms with Crippen LogP contribution in [0, 0.1) is 6.92 Å². The molecule has 0 atom stereocenters. The van der Waals surface area contributed by atoms with Gasteiger partial charge in [-0.25, -0.2) is 15.0 Å². The predicted molar refractivity (Wildman–Crippen MR) is 79.9 cm³/mol. The van der Waals surface area contributed by atoms with Gasteiger partial charge >= 0.3 is 5.97 Å². The third kappa shape index (κ3) is 2.60. The summed E-state index contributed by atoms with van der Waals surface area (Å²) < 4.78 is 0. The van der Waals surface area contributed by atoms with E-state index in [9.17, 15) is 4.79 Å². The van der Waals surface area contributed by atoms with E-state index in [1.807, 2.05) is 31.2 Å². The number of nitrogen functional groups attached to an aromatic ring is 1. The topological polar surface area (TPSA) is 102 Å². The molecule has 0 aliphatic carbocycles. The van der Waals surface area contributed by atoms with Crippen molar-refractivity contribution in [2.45, 2.75) is 19.8 Å². The molecule has 0 saturated carbocycles. The number of carbonyl (C=O) groups is 1. The lowest BCUT2D eigenvalue weighted by atomic mass is 10.1. The second-order valence-corrected chi connectivity index (χ2v) is 4.97. The van der Waals surface area contributed by atoms with Gasteiger partial charge < -0.3 is 10.8 Å². The number of hydrogen-bond donors (Lipinski definition) is 2. The van der Waals surface area contributed by atoms with Crippen molar-refractivity contribution < 1.29 is 9.90 Å². The Balaban J connectivity index is 2.15. The summed E-state index contributed by atoms with van der Waals surface area (Å²) in [6.07, 6.45) is 0.209. The van der Waals surface area contributed by atoms with E-state index in [4.69, 9.17) is 10.8 Å². The van der Waals surface area contributed by atoms with Crippen LogP contribution in [0.25, 0.3) is 21.9 Å². The van der Waals surface area contributed by atoms with E-state index in [2.05, 4.69) is 15.0 Å². The molecule has 0 amide bonds. The van der Waals surface area contributed by atoms with Crippen LogP contribution >= 0.6 is 0 Å². The van der Waals surface area contributed by atoms with Gasteiger partial charge in [0.1, 0.15) is 11.6 Å². The fourth-order valence-corrected chi connectivity index (χ4v) is 2.24. The Morgan fingerprint density at radius 1 is 1.24 bits per heavy atom. The van der Waals surface area contributed by atoms with Crippen LogP contribution in [0.3, 0.4) is 0 Å². The number of fused-ring (bicyclic) bond motifs is 2. The third-order valence-electron chi connectivity index (χ3n) is 3.27. The molecule has 0 bridgehead atoms. The maximum absolute atomic E-state index is 10.6. The van der Waals surface area contributed by atoms with Gasteiger partial charge in [0.05, 0.1) is 17.3 Å². The smallest absolute Gasteiger partial charge is 0.303 e. The van der Waals surface area contributed by atoms with Gasteiger partial charge in [-0.2, -0.15) is 0 Å². The number of carboxylic acids is 1. The number of nitrogens with two attached hydrogens (primary N) is 1. The van der Waals surface area contributed by atoms with Gasteiger partial charge in [-0.05, 0) is 25.1 Å². The molecule has 2 heterocycles. The zero-order valence-electron chi connectivity index (χ0n) is 11.5. The lowest BCUT2D eigenvalue weighted by Gasteiger charge is -2.06. The molecule has 0 aliphatic rings. The fourth-order valence-electron chi connectivity index (χ4n) is 2.24. The largest absolute Gasteiger partial charge is 0.481 e. The highest BCUT2D eigenvalue weighted by atomic mass is 16.4. The van der Waals surface area contributed by atoms with E-state index < -0.39 is 5.97 Å². The molecule has 2 aromatic heterocycles. The monoisotopic (exact) mass is 282 g/mol. The number of aromatic nitrogens is 3. The molecule has 3 aromatic rings. The van der Waals surface area contributed by atoms with Gasteiger partial charge in [-0.3, -0.25) is 4.79 Å². The summed E-state index contributed by atoms with van der Waals surface area (Å²) in [6.45, 7) is 2.01. The SMILES string of the molecule is Cc1ccc2nc3nc(CCC(=O)O)nc(N)c3cc2c1. The first kappa shape index (κ1) is 13.2. The van der Waals surface area contributed by atoms with E-state index in [1.165, 1.54) is 0 Å². The Hall–Kier alpha value is -2.76. The van der Waals surface area contributed by atoms with E-state index in [0.29, 0.717) is 22.7 Å². The predicted octanol–water partition coefficient (Wildman–Crippen LogP) is 2.09. The molecule has 3 rings (SSSR count). The first-order valence-corrected chi connectivity index (χ1v) is 6.58. The molecule has 21 heavy (non-hydrogen) atoms. The first-order valence-electron chi connectivity index (χ1n) is 6.58. The molecule has 0 radical (unpaired) electrons. The minimum Gasteiger partial charge on any atom is -0.481 e. The van der Waals surface area contributed by atoms with Gasteiger partial charge in [0.2, 0.25) is 0 Å².